The fraction of sp³-hybridized carbons (Fsp3) is 0.739. The van der Waals surface area contributed by atoms with Crippen molar-refractivity contribution < 1.29 is 9.47 Å². The van der Waals surface area contributed by atoms with Crippen LogP contribution in [-0.4, -0.2) is 68.8 Å². The average molecular weight is 407 g/mol. The normalized spacial score (nSPS) is 14.5. The Labute approximate surface area is 177 Å². The Hall–Kier alpha value is -1.66. The molecule has 1 aromatic carbocycles. The molecule has 0 bridgehead atoms. The molecule has 2 rings (SSSR count). The summed E-state index contributed by atoms with van der Waals surface area (Å²) >= 11 is 0. The Morgan fingerprint density at radius 2 is 1.79 bits per heavy atom. The van der Waals surface area contributed by atoms with Gasteiger partial charge in [0, 0.05) is 31.8 Å². The topological polar surface area (TPSA) is 63.0 Å². The second kappa shape index (κ2) is 13.5. The second-order valence-corrected chi connectivity index (χ2v) is 7.79. The number of unbranched alkanes of at least 4 members (excludes halogenated alkanes) is 1. The average Bonchev–Trinajstić information content (AvgIpc) is 3.24. The highest BCUT2D eigenvalue weighted by molar-refractivity contribution is 5.75. The van der Waals surface area contributed by atoms with E-state index in [4.69, 9.17) is 15.2 Å². The number of nitrogens with one attached hydrogen (secondary N) is 1. The molecule has 0 atom stereocenters. The van der Waals surface area contributed by atoms with Crippen LogP contribution in [0.3, 0.4) is 0 Å². The van der Waals surface area contributed by atoms with E-state index in [0.717, 1.165) is 69.2 Å². The molecule has 1 aliphatic heterocycles. The zero-order valence-corrected chi connectivity index (χ0v) is 18.8. The third-order valence-electron chi connectivity index (χ3n) is 5.61. The first-order valence-electron chi connectivity index (χ1n) is 11.6. The molecule has 166 valence electrons. The van der Waals surface area contributed by atoms with E-state index in [1.807, 2.05) is 12.1 Å². The number of anilines is 2. The van der Waals surface area contributed by atoms with Gasteiger partial charge in [0.25, 0.3) is 0 Å². The Morgan fingerprint density at radius 3 is 2.48 bits per heavy atom. The molecule has 1 heterocycles. The van der Waals surface area contributed by atoms with Crippen LogP contribution in [0.5, 0.6) is 11.5 Å². The van der Waals surface area contributed by atoms with Crippen LogP contribution >= 0.6 is 0 Å². The monoisotopic (exact) mass is 406 g/mol. The van der Waals surface area contributed by atoms with Crippen LogP contribution in [0.4, 0.5) is 11.4 Å². The van der Waals surface area contributed by atoms with E-state index in [0.29, 0.717) is 18.9 Å². The van der Waals surface area contributed by atoms with E-state index in [1.165, 1.54) is 25.9 Å². The minimum Gasteiger partial charge on any atom is -0.493 e. The van der Waals surface area contributed by atoms with Crippen molar-refractivity contribution in [3.63, 3.8) is 0 Å². The van der Waals surface area contributed by atoms with Gasteiger partial charge in [-0.2, -0.15) is 0 Å². The molecule has 0 radical (unpaired) electrons. The van der Waals surface area contributed by atoms with E-state index in [1.54, 1.807) is 0 Å². The summed E-state index contributed by atoms with van der Waals surface area (Å²) in [6.45, 7) is 15.4. The second-order valence-electron chi connectivity index (χ2n) is 7.79. The molecule has 6 nitrogen and oxygen atoms in total. The van der Waals surface area contributed by atoms with Crippen molar-refractivity contribution in [3.8, 4) is 11.5 Å². The number of rotatable bonds is 15. The summed E-state index contributed by atoms with van der Waals surface area (Å²) in [5.41, 5.74) is 7.99. The summed E-state index contributed by atoms with van der Waals surface area (Å²) in [6.07, 6.45) is 5.86. The molecule has 29 heavy (non-hydrogen) atoms. The number of ether oxygens (including phenoxy) is 2. The predicted octanol–water partition coefficient (Wildman–Crippen LogP) is 4.07. The third-order valence-corrected chi connectivity index (χ3v) is 5.61. The molecular weight excluding hydrogens is 364 g/mol. The maximum absolute atomic E-state index is 6.40. The van der Waals surface area contributed by atoms with Crippen molar-refractivity contribution in [1.82, 2.24) is 9.80 Å². The molecule has 0 saturated carbocycles. The van der Waals surface area contributed by atoms with Gasteiger partial charge in [0.15, 0.2) is 0 Å². The van der Waals surface area contributed by atoms with E-state index in [9.17, 15) is 0 Å². The van der Waals surface area contributed by atoms with Crippen LogP contribution in [0.2, 0.25) is 0 Å². The first kappa shape index (κ1) is 23.6. The Bertz CT molecular complexity index is 572. The molecule has 0 spiro atoms. The van der Waals surface area contributed by atoms with E-state index in [-0.39, 0.29) is 0 Å². The van der Waals surface area contributed by atoms with Gasteiger partial charge in [-0.3, -0.25) is 4.90 Å². The van der Waals surface area contributed by atoms with Crippen molar-refractivity contribution in [2.45, 2.75) is 52.9 Å². The van der Waals surface area contributed by atoms with E-state index < -0.39 is 0 Å². The summed E-state index contributed by atoms with van der Waals surface area (Å²) in [7, 11) is 0. The zero-order valence-electron chi connectivity index (χ0n) is 18.8. The maximum atomic E-state index is 6.40. The molecule has 1 saturated heterocycles. The maximum Gasteiger partial charge on any atom is 0.148 e. The molecule has 6 heteroatoms. The minimum absolute atomic E-state index is 0.657. The molecule has 1 aromatic rings. The highest BCUT2D eigenvalue weighted by Gasteiger charge is 2.14. The number of likely N-dealkylation sites (tertiary alicyclic amines) is 1. The van der Waals surface area contributed by atoms with E-state index in [2.05, 4.69) is 35.9 Å². The lowest BCUT2D eigenvalue weighted by Crippen LogP contribution is -2.25. The summed E-state index contributed by atoms with van der Waals surface area (Å²) in [6, 6.07) is 3.96. The zero-order chi connectivity index (χ0) is 20.9. The molecular formula is C23H42N4O2. The standard InChI is InChI=1S/C23H42N4O2/c1-4-7-11-25-21-18-20(28-16-10-14-26(5-2)6-3)19-22(23(21)24)29-17-15-27-12-8-9-13-27/h18-19,25H,4-17,24H2,1-3H3. The minimum atomic E-state index is 0.657. The van der Waals surface area contributed by atoms with Crippen molar-refractivity contribution in [3.05, 3.63) is 12.1 Å². The number of hydrogen-bond donors (Lipinski definition) is 2. The van der Waals surface area contributed by atoms with Gasteiger partial charge in [0.1, 0.15) is 18.1 Å². The van der Waals surface area contributed by atoms with Gasteiger partial charge in [-0.1, -0.05) is 27.2 Å². The summed E-state index contributed by atoms with van der Waals surface area (Å²) in [4.78, 5) is 4.86. The van der Waals surface area contributed by atoms with Gasteiger partial charge in [0.05, 0.1) is 18.0 Å². The fourth-order valence-corrected chi connectivity index (χ4v) is 3.66. The predicted molar refractivity (Wildman–Crippen MR) is 123 cm³/mol. The number of benzene rings is 1. The molecule has 3 N–H and O–H groups in total. The lowest BCUT2D eigenvalue weighted by atomic mass is 10.2. The molecule has 0 aromatic heterocycles. The van der Waals surface area contributed by atoms with Crippen LogP contribution in [0.1, 0.15) is 52.9 Å². The van der Waals surface area contributed by atoms with Crippen molar-refractivity contribution >= 4 is 11.4 Å². The molecule has 0 aliphatic carbocycles. The number of nitrogen functional groups attached to an aromatic ring is 1. The van der Waals surface area contributed by atoms with Crippen molar-refractivity contribution in [2.24, 2.45) is 0 Å². The van der Waals surface area contributed by atoms with Crippen LogP contribution < -0.4 is 20.5 Å². The van der Waals surface area contributed by atoms with E-state index >= 15 is 0 Å². The van der Waals surface area contributed by atoms with Crippen LogP contribution in [0, 0.1) is 0 Å². The number of nitrogens with two attached hydrogens (primary N) is 1. The summed E-state index contributed by atoms with van der Waals surface area (Å²) in [5.74, 6) is 1.55. The highest BCUT2D eigenvalue weighted by atomic mass is 16.5. The van der Waals surface area contributed by atoms with Crippen LogP contribution in [0.25, 0.3) is 0 Å². The van der Waals surface area contributed by atoms with Crippen LogP contribution in [0.15, 0.2) is 12.1 Å². The number of nitrogens with zero attached hydrogens (tertiary/aromatic N) is 2. The smallest absolute Gasteiger partial charge is 0.148 e. The molecule has 1 aliphatic rings. The molecule has 0 amide bonds. The third kappa shape index (κ3) is 8.31. The quantitative estimate of drug-likeness (QED) is 0.338. The fourth-order valence-electron chi connectivity index (χ4n) is 3.66. The Balaban J connectivity index is 1.94. The highest BCUT2D eigenvalue weighted by Crippen LogP contribution is 2.35. The van der Waals surface area contributed by atoms with Gasteiger partial charge < -0.3 is 25.4 Å². The SMILES string of the molecule is CCCCNc1cc(OCCCN(CC)CC)cc(OCCN2CCCC2)c1N. The first-order chi connectivity index (χ1) is 14.2. The van der Waals surface area contributed by atoms with Crippen molar-refractivity contribution in [2.75, 3.05) is 70.1 Å². The lowest BCUT2D eigenvalue weighted by Gasteiger charge is -2.20. The van der Waals surface area contributed by atoms with Gasteiger partial charge in [0.2, 0.25) is 0 Å². The molecule has 0 unspecified atom stereocenters. The largest absolute Gasteiger partial charge is 0.493 e. The molecule has 1 fully saturated rings. The van der Waals surface area contributed by atoms with Crippen LogP contribution in [-0.2, 0) is 0 Å². The van der Waals surface area contributed by atoms with Crippen molar-refractivity contribution in [1.29, 1.82) is 0 Å². The lowest BCUT2D eigenvalue weighted by molar-refractivity contribution is 0.235. The summed E-state index contributed by atoms with van der Waals surface area (Å²) < 4.78 is 12.1. The van der Waals surface area contributed by atoms with Gasteiger partial charge in [-0.05, 0) is 51.9 Å². The van der Waals surface area contributed by atoms with Gasteiger partial charge >= 0.3 is 0 Å². The summed E-state index contributed by atoms with van der Waals surface area (Å²) in [5, 5.41) is 3.45. The van der Waals surface area contributed by atoms with Gasteiger partial charge in [-0.25, -0.2) is 0 Å². The Kier molecular flexibility index (Phi) is 11.0. The number of hydrogen-bond acceptors (Lipinski definition) is 6. The van der Waals surface area contributed by atoms with Gasteiger partial charge in [-0.15, -0.1) is 0 Å². The Morgan fingerprint density at radius 1 is 1.03 bits per heavy atom. The first-order valence-corrected chi connectivity index (χ1v) is 11.6.